The van der Waals surface area contributed by atoms with Gasteiger partial charge in [-0.2, -0.15) is 0 Å². The van der Waals surface area contributed by atoms with Crippen LogP contribution < -0.4 is 10.1 Å². The molecule has 5 nitrogen and oxygen atoms in total. The maximum atomic E-state index is 12.8. The number of ether oxygens (including phenoxy) is 1. The molecular formula is C26H26N2O3. The maximum Gasteiger partial charge on any atom is 0.265 e. The Balaban J connectivity index is 1.41. The van der Waals surface area contributed by atoms with Crippen molar-refractivity contribution >= 4 is 17.5 Å². The third kappa shape index (κ3) is 4.94. The minimum atomic E-state index is -0.711. The number of carbonyl (C=O) groups is 2. The first-order chi connectivity index (χ1) is 15.1. The lowest BCUT2D eigenvalue weighted by Gasteiger charge is -2.19. The standard InChI is InChI=1S/C26H26N2O3/c1-19(31-22-15-13-21(14-16-22)20-9-3-2-4-10-20)25(29)27-24-12-6-5-11-23(24)26(30)28-17-7-8-18-28/h2-6,9-16,19H,7-8,17-18H2,1H3,(H,27,29)/t19-/m0/s1. The molecular weight excluding hydrogens is 388 g/mol. The summed E-state index contributed by atoms with van der Waals surface area (Å²) in [6, 6.07) is 24.9. The van der Waals surface area contributed by atoms with Gasteiger partial charge in [0.25, 0.3) is 11.8 Å². The molecule has 1 N–H and O–H groups in total. The first-order valence-electron chi connectivity index (χ1n) is 10.6. The number of nitrogens with zero attached hydrogens (tertiary/aromatic N) is 1. The zero-order valence-electron chi connectivity index (χ0n) is 17.6. The second kappa shape index (κ2) is 9.47. The van der Waals surface area contributed by atoms with Gasteiger partial charge in [-0.15, -0.1) is 0 Å². The van der Waals surface area contributed by atoms with Gasteiger partial charge in [-0.25, -0.2) is 0 Å². The molecule has 1 saturated heterocycles. The van der Waals surface area contributed by atoms with E-state index in [1.165, 1.54) is 0 Å². The molecule has 0 unspecified atom stereocenters. The second-order valence-corrected chi connectivity index (χ2v) is 7.68. The van der Waals surface area contributed by atoms with Gasteiger partial charge in [-0.3, -0.25) is 9.59 Å². The van der Waals surface area contributed by atoms with Crippen molar-refractivity contribution in [3.8, 4) is 16.9 Å². The van der Waals surface area contributed by atoms with Crippen LogP contribution in [0.25, 0.3) is 11.1 Å². The molecule has 1 heterocycles. The van der Waals surface area contributed by atoms with Crippen molar-refractivity contribution in [2.75, 3.05) is 18.4 Å². The normalized spacial score (nSPS) is 14.2. The molecule has 1 atom stereocenters. The highest BCUT2D eigenvalue weighted by molar-refractivity contribution is 6.04. The zero-order valence-corrected chi connectivity index (χ0v) is 17.6. The van der Waals surface area contributed by atoms with E-state index >= 15 is 0 Å². The van der Waals surface area contributed by atoms with Crippen molar-refractivity contribution in [1.29, 1.82) is 0 Å². The van der Waals surface area contributed by atoms with E-state index < -0.39 is 6.10 Å². The number of amides is 2. The Kier molecular flexibility index (Phi) is 6.32. The summed E-state index contributed by atoms with van der Waals surface area (Å²) in [6.07, 6.45) is 1.33. The number of rotatable bonds is 6. The second-order valence-electron chi connectivity index (χ2n) is 7.68. The number of hydrogen-bond donors (Lipinski definition) is 1. The molecule has 0 aromatic heterocycles. The molecule has 2 amide bonds. The molecule has 0 saturated carbocycles. The van der Waals surface area contributed by atoms with E-state index in [0.717, 1.165) is 37.1 Å². The molecule has 158 valence electrons. The lowest BCUT2D eigenvalue weighted by molar-refractivity contribution is -0.122. The third-order valence-electron chi connectivity index (χ3n) is 5.45. The third-order valence-corrected chi connectivity index (χ3v) is 5.45. The highest BCUT2D eigenvalue weighted by Gasteiger charge is 2.23. The Morgan fingerprint density at radius 3 is 2.16 bits per heavy atom. The SMILES string of the molecule is C[C@H](Oc1ccc(-c2ccccc2)cc1)C(=O)Nc1ccccc1C(=O)N1CCCC1. The Morgan fingerprint density at radius 1 is 0.839 bits per heavy atom. The fourth-order valence-corrected chi connectivity index (χ4v) is 3.72. The molecule has 0 spiro atoms. The Labute approximate surface area is 182 Å². The zero-order chi connectivity index (χ0) is 21.6. The summed E-state index contributed by atoms with van der Waals surface area (Å²) in [5, 5.41) is 2.86. The number of benzene rings is 3. The van der Waals surface area contributed by atoms with Crippen molar-refractivity contribution in [3.05, 3.63) is 84.4 Å². The van der Waals surface area contributed by atoms with Gasteiger partial charge in [-0.05, 0) is 55.2 Å². The van der Waals surface area contributed by atoms with Gasteiger partial charge in [0.05, 0.1) is 11.3 Å². The minimum absolute atomic E-state index is 0.0431. The summed E-state index contributed by atoms with van der Waals surface area (Å²) in [5.74, 6) is 0.274. The van der Waals surface area contributed by atoms with Gasteiger partial charge in [-0.1, -0.05) is 54.6 Å². The molecule has 3 aromatic rings. The largest absolute Gasteiger partial charge is 0.481 e. The Morgan fingerprint density at radius 2 is 1.45 bits per heavy atom. The molecule has 0 aliphatic carbocycles. The highest BCUT2D eigenvalue weighted by Crippen LogP contribution is 2.24. The molecule has 4 rings (SSSR count). The van der Waals surface area contributed by atoms with Crippen molar-refractivity contribution in [2.45, 2.75) is 25.9 Å². The van der Waals surface area contributed by atoms with E-state index in [0.29, 0.717) is 17.0 Å². The Bertz CT molecular complexity index is 1040. The molecule has 1 fully saturated rings. The first kappa shape index (κ1) is 20.7. The van der Waals surface area contributed by atoms with Gasteiger partial charge >= 0.3 is 0 Å². The lowest BCUT2D eigenvalue weighted by Crippen LogP contribution is -2.32. The number of para-hydroxylation sites is 1. The van der Waals surface area contributed by atoms with Crippen molar-refractivity contribution in [3.63, 3.8) is 0 Å². The van der Waals surface area contributed by atoms with Crippen molar-refractivity contribution in [1.82, 2.24) is 4.90 Å². The molecule has 0 bridgehead atoms. The summed E-state index contributed by atoms with van der Waals surface area (Å²) >= 11 is 0. The fraction of sp³-hybridized carbons (Fsp3) is 0.231. The first-order valence-corrected chi connectivity index (χ1v) is 10.6. The predicted octanol–water partition coefficient (Wildman–Crippen LogP) is 5.00. The van der Waals surface area contributed by atoms with E-state index in [9.17, 15) is 9.59 Å². The van der Waals surface area contributed by atoms with Crippen LogP contribution in [0.1, 0.15) is 30.1 Å². The van der Waals surface area contributed by atoms with Gasteiger partial charge < -0.3 is 15.0 Å². The monoisotopic (exact) mass is 414 g/mol. The van der Waals surface area contributed by atoms with Crippen LogP contribution in [0.3, 0.4) is 0 Å². The van der Waals surface area contributed by atoms with Crippen molar-refractivity contribution in [2.24, 2.45) is 0 Å². The van der Waals surface area contributed by atoms with Crippen LogP contribution >= 0.6 is 0 Å². The highest BCUT2D eigenvalue weighted by atomic mass is 16.5. The van der Waals surface area contributed by atoms with E-state index in [4.69, 9.17) is 4.74 Å². The van der Waals surface area contributed by atoms with Crippen LogP contribution in [0.2, 0.25) is 0 Å². The van der Waals surface area contributed by atoms with Crippen LogP contribution in [-0.2, 0) is 4.79 Å². The van der Waals surface area contributed by atoms with Crippen molar-refractivity contribution < 1.29 is 14.3 Å². The summed E-state index contributed by atoms with van der Waals surface area (Å²) in [4.78, 5) is 27.4. The van der Waals surface area contributed by atoms with Crippen LogP contribution in [-0.4, -0.2) is 35.9 Å². The fourth-order valence-electron chi connectivity index (χ4n) is 3.72. The van der Waals surface area contributed by atoms with Crippen LogP contribution in [0.5, 0.6) is 5.75 Å². The quantitative estimate of drug-likeness (QED) is 0.618. The lowest BCUT2D eigenvalue weighted by atomic mass is 10.1. The van der Waals surface area contributed by atoms with Crippen LogP contribution in [0.15, 0.2) is 78.9 Å². The molecule has 1 aliphatic heterocycles. The minimum Gasteiger partial charge on any atom is -0.481 e. The molecule has 3 aromatic carbocycles. The van der Waals surface area contributed by atoms with Crippen LogP contribution in [0.4, 0.5) is 5.69 Å². The summed E-state index contributed by atoms with van der Waals surface area (Å²) < 4.78 is 5.83. The van der Waals surface area contributed by atoms with Gasteiger partial charge in [0, 0.05) is 13.1 Å². The number of carbonyl (C=O) groups excluding carboxylic acids is 2. The van der Waals surface area contributed by atoms with Gasteiger partial charge in [0.2, 0.25) is 0 Å². The average molecular weight is 415 g/mol. The number of hydrogen-bond acceptors (Lipinski definition) is 3. The maximum absolute atomic E-state index is 12.8. The number of nitrogens with one attached hydrogen (secondary N) is 1. The van der Waals surface area contributed by atoms with Gasteiger partial charge in [0.1, 0.15) is 5.75 Å². The number of likely N-dealkylation sites (tertiary alicyclic amines) is 1. The molecule has 5 heteroatoms. The van der Waals surface area contributed by atoms with E-state index in [1.807, 2.05) is 71.6 Å². The topological polar surface area (TPSA) is 58.6 Å². The van der Waals surface area contributed by atoms with Crippen LogP contribution in [0, 0.1) is 0 Å². The average Bonchev–Trinajstić information content (AvgIpc) is 3.35. The molecule has 1 aliphatic rings. The van der Waals surface area contributed by atoms with E-state index in [-0.39, 0.29) is 11.8 Å². The predicted molar refractivity (Wildman–Crippen MR) is 122 cm³/mol. The Hall–Kier alpha value is -3.60. The summed E-state index contributed by atoms with van der Waals surface area (Å²) in [5.41, 5.74) is 3.23. The summed E-state index contributed by atoms with van der Waals surface area (Å²) in [6.45, 7) is 3.23. The summed E-state index contributed by atoms with van der Waals surface area (Å²) in [7, 11) is 0. The van der Waals surface area contributed by atoms with E-state index in [1.54, 1.807) is 19.1 Å². The molecule has 31 heavy (non-hydrogen) atoms. The number of anilines is 1. The van der Waals surface area contributed by atoms with E-state index in [2.05, 4.69) is 5.32 Å². The molecule has 0 radical (unpaired) electrons. The van der Waals surface area contributed by atoms with Gasteiger partial charge in [0.15, 0.2) is 6.10 Å². The smallest absolute Gasteiger partial charge is 0.265 e.